The van der Waals surface area contributed by atoms with Gasteiger partial charge in [-0.1, -0.05) is 30.3 Å². The molecule has 1 nitrogen and oxygen atoms in total. The van der Waals surface area contributed by atoms with E-state index in [1.165, 1.54) is 38.9 Å². The third-order valence-corrected chi connectivity index (χ3v) is 4.53. The number of fused-ring (bicyclic) bond motifs is 3. The molecular weight excluding hydrogens is 230 g/mol. The summed E-state index contributed by atoms with van der Waals surface area (Å²) in [5.41, 5.74) is 15.9. The zero-order valence-electron chi connectivity index (χ0n) is 12.0. The van der Waals surface area contributed by atoms with Crippen LogP contribution in [-0.2, 0) is 0 Å². The Labute approximate surface area is 115 Å². The van der Waals surface area contributed by atoms with Gasteiger partial charge in [-0.05, 0) is 72.7 Å². The first-order valence-corrected chi connectivity index (χ1v) is 7.05. The fourth-order valence-electron chi connectivity index (χ4n) is 3.43. The van der Waals surface area contributed by atoms with Crippen molar-refractivity contribution < 1.29 is 0 Å². The van der Waals surface area contributed by atoms with Gasteiger partial charge < -0.3 is 5.73 Å². The molecule has 0 spiro atoms. The van der Waals surface area contributed by atoms with Gasteiger partial charge >= 0.3 is 0 Å². The van der Waals surface area contributed by atoms with E-state index in [1.807, 2.05) is 0 Å². The summed E-state index contributed by atoms with van der Waals surface area (Å²) in [6, 6.07) is 11.2. The normalized spacial score (nSPS) is 16.3. The maximum atomic E-state index is 5.83. The van der Waals surface area contributed by atoms with Crippen LogP contribution >= 0.6 is 0 Å². The average molecular weight is 251 g/mol. The molecule has 2 aromatic carbocycles. The van der Waals surface area contributed by atoms with Crippen molar-refractivity contribution in [1.82, 2.24) is 0 Å². The molecule has 1 atom stereocenters. The molecule has 0 amide bonds. The molecular formula is C18H21N. The molecule has 0 radical (unpaired) electrons. The Morgan fingerprint density at radius 1 is 0.895 bits per heavy atom. The minimum Gasteiger partial charge on any atom is -0.330 e. The first kappa shape index (κ1) is 12.4. The van der Waals surface area contributed by atoms with Crippen molar-refractivity contribution in [3.05, 3.63) is 58.1 Å². The van der Waals surface area contributed by atoms with Crippen molar-refractivity contribution in [2.45, 2.75) is 33.1 Å². The quantitative estimate of drug-likeness (QED) is 0.855. The number of rotatable bonds is 2. The van der Waals surface area contributed by atoms with Crippen molar-refractivity contribution in [1.29, 1.82) is 0 Å². The van der Waals surface area contributed by atoms with E-state index in [4.69, 9.17) is 5.73 Å². The number of hydrogen-bond donors (Lipinski definition) is 1. The van der Waals surface area contributed by atoms with Gasteiger partial charge in [0.25, 0.3) is 0 Å². The molecule has 1 aliphatic carbocycles. The lowest BCUT2D eigenvalue weighted by Crippen LogP contribution is -2.06. The van der Waals surface area contributed by atoms with Crippen LogP contribution in [0.5, 0.6) is 0 Å². The lowest BCUT2D eigenvalue weighted by atomic mass is 9.92. The Kier molecular flexibility index (Phi) is 2.94. The van der Waals surface area contributed by atoms with Gasteiger partial charge in [0, 0.05) is 5.92 Å². The molecule has 0 aliphatic heterocycles. The SMILES string of the molecule is Cc1ccc2c(c1C)-c1c(C)cccc1C2CCN. The highest BCUT2D eigenvalue weighted by Gasteiger charge is 2.30. The zero-order valence-corrected chi connectivity index (χ0v) is 12.0. The van der Waals surface area contributed by atoms with Gasteiger partial charge in [-0.3, -0.25) is 0 Å². The molecule has 0 saturated carbocycles. The summed E-state index contributed by atoms with van der Waals surface area (Å²) in [6.45, 7) is 7.40. The largest absolute Gasteiger partial charge is 0.330 e. The molecule has 1 aliphatic rings. The average Bonchev–Trinajstić information content (AvgIpc) is 2.71. The van der Waals surface area contributed by atoms with Crippen LogP contribution in [0.15, 0.2) is 30.3 Å². The zero-order chi connectivity index (χ0) is 13.6. The second-order valence-electron chi connectivity index (χ2n) is 5.64. The maximum absolute atomic E-state index is 5.83. The highest BCUT2D eigenvalue weighted by atomic mass is 14.5. The highest BCUT2D eigenvalue weighted by molar-refractivity contribution is 5.84. The molecule has 0 fully saturated rings. The highest BCUT2D eigenvalue weighted by Crippen LogP contribution is 2.49. The third kappa shape index (κ3) is 1.73. The Balaban J connectivity index is 2.34. The van der Waals surface area contributed by atoms with Gasteiger partial charge in [0.05, 0.1) is 0 Å². The Bertz CT molecular complexity index is 640. The molecule has 0 saturated heterocycles. The van der Waals surface area contributed by atoms with Crippen molar-refractivity contribution >= 4 is 0 Å². The summed E-state index contributed by atoms with van der Waals surface area (Å²) < 4.78 is 0. The van der Waals surface area contributed by atoms with Crippen molar-refractivity contribution in [3.63, 3.8) is 0 Å². The minimum absolute atomic E-state index is 0.481. The standard InChI is InChI=1S/C18H21N/c1-11-7-8-16-14(9-10-19)15-6-4-5-12(2)17(15)18(16)13(11)3/h4-8,14H,9-10,19H2,1-3H3. The van der Waals surface area contributed by atoms with Crippen molar-refractivity contribution in [2.75, 3.05) is 6.54 Å². The molecule has 2 N–H and O–H groups in total. The topological polar surface area (TPSA) is 26.0 Å². The predicted octanol–water partition coefficient (Wildman–Crippen LogP) is 4.07. The lowest BCUT2D eigenvalue weighted by molar-refractivity contribution is 0.740. The van der Waals surface area contributed by atoms with Gasteiger partial charge in [0.2, 0.25) is 0 Å². The maximum Gasteiger partial charge on any atom is 0.0114 e. The van der Waals surface area contributed by atoms with Gasteiger partial charge in [-0.2, -0.15) is 0 Å². The van der Waals surface area contributed by atoms with Crippen LogP contribution in [0.2, 0.25) is 0 Å². The number of hydrogen-bond acceptors (Lipinski definition) is 1. The van der Waals surface area contributed by atoms with E-state index in [1.54, 1.807) is 0 Å². The Morgan fingerprint density at radius 3 is 2.37 bits per heavy atom. The second kappa shape index (κ2) is 4.50. The smallest absolute Gasteiger partial charge is 0.0114 e. The molecule has 19 heavy (non-hydrogen) atoms. The van der Waals surface area contributed by atoms with Crippen LogP contribution in [0.3, 0.4) is 0 Å². The summed E-state index contributed by atoms with van der Waals surface area (Å²) >= 11 is 0. The van der Waals surface area contributed by atoms with Gasteiger partial charge in [0.1, 0.15) is 0 Å². The van der Waals surface area contributed by atoms with Crippen LogP contribution in [0.25, 0.3) is 11.1 Å². The third-order valence-electron chi connectivity index (χ3n) is 4.53. The van der Waals surface area contributed by atoms with Crippen LogP contribution in [0, 0.1) is 20.8 Å². The summed E-state index contributed by atoms with van der Waals surface area (Å²) in [5, 5.41) is 0. The van der Waals surface area contributed by atoms with Crippen molar-refractivity contribution in [2.24, 2.45) is 5.73 Å². The Morgan fingerprint density at radius 2 is 1.63 bits per heavy atom. The molecule has 0 aromatic heterocycles. The minimum atomic E-state index is 0.481. The first-order valence-electron chi connectivity index (χ1n) is 7.05. The van der Waals surface area contributed by atoms with Gasteiger partial charge in [-0.25, -0.2) is 0 Å². The molecule has 0 bridgehead atoms. The predicted molar refractivity (Wildman–Crippen MR) is 81.6 cm³/mol. The summed E-state index contributed by atoms with van der Waals surface area (Å²) in [7, 11) is 0. The summed E-state index contributed by atoms with van der Waals surface area (Å²) in [6.07, 6.45) is 1.03. The van der Waals surface area contributed by atoms with Crippen LogP contribution in [-0.4, -0.2) is 6.54 Å². The van der Waals surface area contributed by atoms with E-state index < -0.39 is 0 Å². The number of aryl methyl sites for hydroxylation is 2. The van der Waals surface area contributed by atoms with E-state index in [9.17, 15) is 0 Å². The number of benzene rings is 2. The molecule has 3 rings (SSSR count). The molecule has 1 heteroatoms. The number of nitrogens with two attached hydrogens (primary N) is 1. The monoisotopic (exact) mass is 251 g/mol. The van der Waals surface area contributed by atoms with E-state index in [-0.39, 0.29) is 0 Å². The summed E-state index contributed by atoms with van der Waals surface area (Å²) in [4.78, 5) is 0. The molecule has 0 heterocycles. The van der Waals surface area contributed by atoms with Gasteiger partial charge in [-0.15, -0.1) is 0 Å². The summed E-state index contributed by atoms with van der Waals surface area (Å²) in [5.74, 6) is 0.481. The van der Waals surface area contributed by atoms with Crippen LogP contribution in [0.1, 0.15) is 40.2 Å². The van der Waals surface area contributed by atoms with Crippen molar-refractivity contribution in [3.8, 4) is 11.1 Å². The Hall–Kier alpha value is -1.60. The second-order valence-corrected chi connectivity index (χ2v) is 5.64. The van der Waals surface area contributed by atoms with Gasteiger partial charge in [0.15, 0.2) is 0 Å². The van der Waals surface area contributed by atoms with Crippen LogP contribution in [0.4, 0.5) is 0 Å². The fraction of sp³-hybridized carbons (Fsp3) is 0.333. The molecule has 2 aromatic rings. The first-order chi connectivity index (χ1) is 9.15. The van der Waals surface area contributed by atoms with E-state index >= 15 is 0 Å². The molecule has 1 unspecified atom stereocenters. The fourth-order valence-corrected chi connectivity index (χ4v) is 3.43. The van der Waals surface area contributed by atoms with E-state index in [2.05, 4.69) is 51.1 Å². The van der Waals surface area contributed by atoms with E-state index in [0.717, 1.165) is 13.0 Å². The van der Waals surface area contributed by atoms with Crippen LogP contribution < -0.4 is 5.73 Å². The van der Waals surface area contributed by atoms with E-state index in [0.29, 0.717) is 5.92 Å². The molecule has 98 valence electrons. The lowest BCUT2D eigenvalue weighted by Gasteiger charge is -2.13.